The van der Waals surface area contributed by atoms with Crippen LogP contribution in [0.2, 0.25) is 0 Å². The molecule has 3 heteroatoms. The molecule has 1 unspecified atom stereocenters. The van der Waals surface area contributed by atoms with Crippen LogP contribution in [0.3, 0.4) is 0 Å². The zero-order valence-corrected chi connectivity index (χ0v) is 11.7. The molecule has 0 spiro atoms. The largest absolute Gasteiger partial charge is 0.493 e. The van der Waals surface area contributed by atoms with Crippen molar-refractivity contribution in [2.45, 2.75) is 46.6 Å². The smallest absolute Gasteiger partial charge is 0.223 e. The van der Waals surface area contributed by atoms with Crippen molar-refractivity contribution in [1.29, 1.82) is 0 Å². The summed E-state index contributed by atoms with van der Waals surface area (Å²) in [7, 11) is 0. The van der Waals surface area contributed by atoms with Gasteiger partial charge in [-0.15, -0.1) is 0 Å². The maximum Gasteiger partial charge on any atom is 0.223 e. The van der Waals surface area contributed by atoms with E-state index in [2.05, 4.69) is 26.1 Å². The molecule has 0 aliphatic heterocycles. The van der Waals surface area contributed by atoms with E-state index in [0.29, 0.717) is 13.0 Å². The van der Waals surface area contributed by atoms with Crippen LogP contribution < -0.4 is 10.1 Å². The molecule has 0 radical (unpaired) electrons. The number of carbonyl (C=O) groups is 1. The van der Waals surface area contributed by atoms with Crippen molar-refractivity contribution in [3.05, 3.63) is 29.3 Å². The number of benzene rings is 1. The SMILES string of the molecule is CCC(C)NC(=O)CCOc1ccc(C)c(C)c1. The Morgan fingerprint density at radius 1 is 1.33 bits per heavy atom. The van der Waals surface area contributed by atoms with E-state index in [1.165, 1.54) is 11.1 Å². The first-order valence-corrected chi connectivity index (χ1v) is 6.52. The predicted octanol–water partition coefficient (Wildman–Crippen LogP) is 2.99. The van der Waals surface area contributed by atoms with Gasteiger partial charge in [0.15, 0.2) is 0 Å². The number of hydrogen-bond acceptors (Lipinski definition) is 2. The van der Waals surface area contributed by atoms with E-state index < -0.39 is 0 Å². The lowest BCUT2D eigenvalue weighted by molar-refractivity contribution is -0.122. The van der Waals surface area contributed by atoms with Gasteiger partial charge in [-0.25, -0.2) is 0 Å². The second kappa shape index (κ2) is 7.04. The van der Waals surface area contributed by atoms with Gasteiger partial charge >= 0.3 is 0 Å². The van der Waals surface area contributed by atoms with Crippen LogP contribution in [0.25, 0.3) is 0 Å². The van der Waals surface area contributed by atoms with Crippen LogP contribution in [-0.2, 0) is 4.79 Å². The van der Waals surface area contributed by atoms with E-state index in [1.54, 1.807) is 0 Å². The molecule has 0 aliphatic carbocycles. The molecule has 0 saturated carbocycles. The van der Waals surface area contributed by atoms with E-state index in [-0.39, 0.29) is 11.9 Å². The Kier molecular flexibility index (Phi) is 5.69. The summed E-state index contributed by atoms with van der Waals surface area (Å²) in [5.41, 5.74) is 2.45. The molecule has 1 rings (SSSR count). The van der Waals surface area contributed by atoms with E-state index in [9.17, 15) is 4.79 Å². The Bertz CT molecular complexity index is 401. The fourth-order valence-electron chi connectivity index (χ4n) is 1.51. The van der Waals surface area contributed by atoms with E-state index in [0.717, 1.165) is 12.2 Å². The zero-order chi connectivity index (χ0) is 13.5. The zero-order valence-electron chi connectivity index (χ0n) is 11.7. The van der Waals surface area contributed by atoms with Gasteiger partial charge < -0.3 is 10.1 Å². The fourth-order valence-corrected chi connectivity index (χ4v) is 1.51. The Morgan fingerprint density at radius 3 is 2.67 bits per heavy atom. The number of hydrogen-bond donors (Lipinski definition) is 1. The number of rotatable bonds is 6. The molecule has 1 amide bonds. The molecule has 3 nitrogen and oxygen atoms in total. The minimum absolute atomic E-state index is 0.0492. The second-order valence-electron chi connectivity index (χ2n) is 4.72. The quantitative estimate of drug-likeness (QED) is 0.841. The maximum absolute atomic E-state index is 11.5. The second-order valence-corrected chi connectivity index (χ2v) is 4.72. The number of ether oxygens (including phenoxy) is 1. The van der Waals surface area contributed by atoms with Crippen molar-refractivity contribution in [3.8, 4) is 5.75 Å². The van der Waals surface area contributed by atoms with Crippen LogP contribution in [0.1, 0.15) is 37.8 Å². The first-order valence-electron chi connectivity index (χ1n) is 6.52. The van der Waals surface area contributed by atoms with Crippen molar-refractivity contribution in [2.75, 3.05) is 6.61 Å². The molecule has 1 aromatic carbocycles. The highest BCUT2D eigenvalue weighted by Gasteiger charge is 2.05. The average molecular weight is 249 g/mol. The maximum atomic E-state index is 11.5. The summed E-state index contributed by atoms with van der Waals surface area (Å²) in [4.78, 5) is 11.5. The van der Waals surface area contributed by atoms with Crippen molar-refractivity contribution in [3.63, 3.8) is 0 Å². The molecule has 0 aliphatic rings. The van der Waals surface area contributed by atoms with Crippen molar-refractivity contribution >= 4 is 5.91 Å². The number of amides is 1. The predicted molar refractivity (Wildman–Crippen MR) is 73.9 cm³/mol. The lowest BCUT2D eigenvalue weighted by Crippen LogP contribution is -2.32. The van der Waals surface area contributed by atoms with E-state index in [4.69, 9.17) is 4.74 Å². The lowest BCUT2D eigenvalue weighted by atomic mass is 10.1. The first kappa shape index (κ1) is 14.6. The number of aryl methyl sites for hydroxylation is 2. The highest BCUT2D eigenvalue weighted by molar-refractivity contribution is 5.76. The van der Waals surface area contributed by atoms with E-state index >= 15 is 0 Å². The van der Waals surface area contributed by atoms with Crippen LogP contribution in [0.4, 0.5) is 0 Å². The normalized spacial score (nSPS) is 12.0. The standard InChI is InChI=1S/C15H23NO2/c1-5-13(4)16-15(17)8-9-18-14-7-6-11(2)12(3)10-14/h6-7,10,13H,5,8-9H2,1-4H3,(H,16,17). The van der Waals surface area contributed by atoms with Gasteiger partial charge in [-0.3, -0.25) is 4.79 Å². The summed E-state index contributed by atoms with van der Waals surface area (Å²) in [6.45, 7) is 8.60. The fraction of sp³-hybridized carbons (Fsp3) is 0.533. The van der Waals surface area contributed by atoms with Crippen molar-refractivity contribution in [1.82, 2.24) is 5.32 Å². The molecule has 0 aromatic heterocycles. The van der Waals surface area contributed by atoms with Crippen molar-refractivity contribution < 1.29 is 9.53 Å². The first-order chi connectivity index (χ1) is 8.52. The summed E-state index contributed by atoms with van der Waals surface area (Å²) in [6, 6.07) is 6.21. The minimum Gasteiger partial charge on any atom is -0.493 e. The molecule has 18 heavy (non-hydrogen) atoms. The number of carbonyl (C=O) groups excluding carboxylic acids is 1. The third-order valence-electron chi connectivity index (χ3n) is 3.10. The average Bonchev–Trinajstić information content (AvgIpc) is 2.33. The van der Waals surface area contributed by atoms with Gasteiger partial charge in [0.25, 0.3) is 0 Å². The molecule has 100 valence electrons. The summed E-state index contributed by atoms with van der Waals surface area (Å²) in [5.74, 6) is 0.877. The van der Waals surface area contributed by atoms with Crippen LogP contribution in [-0.4, -0.2) is 18.6 Å². The highest BCUT2D eigenvalue weighted by atomic mass is 16.5. The Hall–Kier alpha value is -1.51. The molecule has 0 heterocycles. The van der Waals surface area contributed by atoms with Gasteiger partial charge in [0.1, 0.15) is 5.75 Å². The van der Waals surface area contributed by atoms with Gasteiger partial charge in [-0.2, -0.15) is 0 Å². The Labute approximate surface area is 110 Å². The summed E-state index contributed by atoms with van der Waals surface area (Å²) in [6.07, 6.45) is 1.35. The van der Waals surface area contributed by atoms with Crippen molar-refractivity contribution in [2.24, 2.45) is 0 Å². The van der Waals surface area contributed by atoms with Crippen LogP contribution in [0.15, 0.2) is 18.2 Å². The minimum atomic E-state index is 0.0492. The highest BCUT2D eigenvalue weighted by Crippen LogP contribution is 2.16. The summed E-state index contributed by atoms with van der Waals surface area (Å²) < 4.78 is 5.57. The molecule has 1 atom stereocenters. The molecule has 0 saturated heterocycles. The molecule has 0 bridgehead atoms. The van der Waals surface area contributed by atoms with Gasteiger partial charge in [0.05, 0.1) is 13.0 Å². The topological polar surface area (TPSA) is 38.3 Å². The Morgan fingerprint density at radius 2 is 2.06 bits per heavy atom. The molecule has 0 fully saturated rings. The molecular formula is C15H23NO2. The van der Waals surface area contributed by atoms with Crippen LogP contribution >= 0.6 is 0 Å². The molecule has 1 aromatic rings. The van der Waals surface area contributed by atoms with Crippen LogP contribution in [0, 0.1) is 13.8 Å². The van der Waals surface area contributed by atoms with Gasteiger partial charge in [-0.05, 0) is 50.5 Å². The van der Waals surface area contributed by atoms with Gasteiger partial charge in [-0.1, -0.05) is 13.0 Å². The third-order valence-corrected chi connectivity index (χ3v) is 3.10. The molecule has 1 N–H and O–H groups in total. The lowest BCUT2D eigenvalue weighted by Gasteiger charge is -2.12. The summed E-state index contributed by atoms with van der Waals surface area (Å²) >= 11 is 0. The monoisotopic (exact) mass is 249 g/mol. The van der Waals surface area contributed by atoms with E-state index in [1.807, 2.05) is 25.1 Å². The number of nitrogens with one attached hydrogen (secondary N) is 1. The third kappa shape index (κ3) is 4.78. The molecular weight excluding hydrogens is 226 g/mol. The van der Waals surface area contributed by atoms with Crippen LogP contribution in [0.5, 0.6) is 5.75 Å². The van der Waals surface area contributed by atoms with Gasteiger partial charge in [0.2, 0.25) is 5.91 Å². The Balaban J connectivity index is 2.33. The summed E-state index contributed by atoms with van der Waals surface area (Å²) in [5, 5.41) is 2.92. The van der Waals surface area contributed by atoms with Gasteiger partial charge in [0, 0.05) is 6.04 Å².